The van der Waals surface area contributed by atoms with E-state index >= 15 is 0 Å². The average molecular weight is 387 g/mol. The SMILES string of the molecule is CCS(=O)N1Cc2nc(-c3ccc(C)cc3)nc(N3CCOC[C@@H]3C)c2C1. The van der Waals surface area contributed by atoms with Gasteiger partial charge in [-0.15, -0.1) is 0 Å². The maximum atomic E-state index is 12.4. The van der Waals surface area contributed by atoms with Crippen LogP contribution in [0.3, 0.4) is 0 Å². The number of ether oxygens (including phenoxy) is 1. The summed E-state index contributed by atoms with van der Waals surface area (Å²) in [6, 6.07) is 8.57. The molecule has 0 bridgehead atoms. The molecule has 0 N–H and O–H groups in total. The normalized spacial score (nSPS) is 21.3. The highest BCUT2D eigenvalue weighted by Gasteiger charge is 2.32. The van der Waals surface area contributed by atoms with Gasteiger partial charge in [-0.25, -0.2) is 18.5 Å². The van der Waals surface area contributed by atoms with Crippen LogP contribution in [-0.2, 0) is 28.8 Å². The number of fused-ring (bicyclic) bond motifs is 1. The van der Waals surface area contributed by atoms with E-state index in [1.54, 1.807) is 0 Å². The van der Waals surface area contributed by atoms with Crippen molar-refractivity contribution in [1.29, 1.82) is 0 Å². The maximum Gasteiger partial charge on any atom is 0.161 e. The predicted molar refractivity (Wildman–Crippen MR) is 108 cm³/mol. The highest BCUT2D eigenvalue weighted by atomic mass is 32.2. The molecule has 0 radical (unpaired) electrons. The Bertz CT molecular complexity index is 856. The maximum absolute atomic E-state index is 12.4. The van der Waals surface area contributed by atoms with E-state index in [9.17, 15) is 4.21 Å². The van der Waals surface area contributed by atoms with Crippen LogP contribution in [0.15, 0.2) is 24.3 Å². The van der Waals surface area contributed by atoms with Crippen molar-refractivity contribution in [1.82, 2.24) is 14.3 Å². The summed E-state index contributed by atoms with van der Waals surface area (Å²) < 4.78 is 20.0. The van der Waals surface area contributed by atoms with Crippen LogP contribution in [0, 0.1) is 6.92 Å². The Hall–Kier alpha value is -1.83. The predicted octanol–water partition coefficient (Wildman–Crippen LogP) is 2.68. The first kappa shape index (κ1) is 18.5. The van der Waals surface area contributed by atoms with E-state index in [4.69, 9.17) is 14.7 Å². The van der Waals surface area contributed by atoms with E-state index < -0.39 is 11.0 Å². The van der Waals surface area contributed by atoms with Gasteiger partial charge in [0.05, 0.1) is 42.5 Å². The summed E-state index contributed by atoms with van der Waals surface area (Å²) in [7, 11) is -0.982. The third-order valence-electron chi connectivity index (χ3n) is 5.22. The zero-order chi connectivity index (χ0) is 19.0. The van der Waals surface area contributed by atoms with Crippen molar-refractivity contribution in [2.45, 2.75) is 39.9 Å². The van der Waals surface area contributed by atoms with Gasteiger partial charge >= 0.3 is 0 Å². The molecule has 2 aliphatic rings. The number of aryl methyl sites for hydroxylation is 1. The minimum atomic E-state index is -0.982. The number of nitrogens with zero attached hydrogens (tertiary/aromatic N) is 4. The topological polar surface area (TPSA) is 58.6 Å². The van der Waals surface area contributed by atoms with Crippen molar-refractivity contribution in [3.63, 3.8) is 0 Å². The van der Waals surface area contributed by atoms with Crippen molar-refractivity contribution < 1.29 is 8.95 Å². The lowest BCUT2D eigenvalue weighted by Crippen LogP contribution is -2.44. The number of morpholine rings is 1. The molecule has 144 valence electrons. The summed E-state index contributed by atoms with van der Waals surface area (Å²) >= 11 is 0. The number of rotatable bonds is 4. The molecule has 4 rings (SSSR count). The Morgan fingerprint density at radius 3 is 2.70 bits per heavy atom. The van der Waals surface area contributed by atoms with Gasteiger partial charge in [-0.1, -0.05) is 36.8 Å². The Balaban J connectivity index is 1.79. The molecule has 0 saturated carbocycles. The molecule has 3 heterocycles. The van der Waals surface area contributed by atoms with Gasteiger partial charge in [-0.05, 0) is 13.8 Å². The van der Waals surface area contributed by atoms with Crippen molar-refractivity contribution >= 4 is 16.8 Å². The van der Waals surface area contributed by atoms with Crippen molar-refractivity contribution in [3.05, 3.63) is 41.1 Å². The summed E-state index contributed by atoms with van der Waals surface area (Å²) in [6.07, 6.45) is 0. The molecule has 2 aliphatic heterocycles. The van der Waals surface area contributed by atoms with Crippen LogP contribution in [0.1, 0.15) is 30.7 Å². The molecule has 0 aliphatic carbocycles. The van der Waals surface area contributed by atoms with Crippen molar-refractivity contribution in [3.8, 4) is 11.4 Å². The summed E-state index contributed by atoms with van der Waals surface area (Å²) in [5.41, 5.74) is 4.34. The lowest BCUT2D eigenvalue weighted by atomic mass is 10.1. The molecule has 1 aromatic carbocycles. The summed E-state index contributed by atoms with van der Waals surface area (Å²) in [5.74, 6) is 2.34. The minimum Gasteiger partial charge on any atom is -0.377 e. The van der Waals surface area contributed by atoms with E-state index in [-0.39, 0.29) is 6.04 Å². The molecule has 27 heavy (non-hydrogen) atoms. The fraction of sp³-hybridized carbons (Fsp3) is 0.500. The van der Waals surface area contributed by atoms with E-state index in [0.29, 0.717) is 32.1 Å². The van der Waals surface area contributed by atoms with Crippen LogP contribution in [-0.4, -0.2) is 50.0 Å². The smallest absolute Gasteiger partial charge is 0.161 e. The molecule has 1 fully saturated rings. The quantitative estimate of drug-likeness (QED) is 0.809. The molecule has 7 heteroatoms. The molecule has 1 unspecified atom stereocenters. The standard InChI is InChI=1S/C20H26N4O2S/c1-4-27(25)23-11-17-18(12-23)21-19(16-7-5-14(2)6-8-16)22-20(17)24-9-10-26-13-15(24)3/h5-8,15H,4,9-13H2,1-3H3/t15-,27?/m0/s1. The first-order valence-electron chi connectivity index (χ1n) is 9.51. The van der Waals surface area contributed by atoms with Crippen LogP contribution in [0.2, 0.25) is 0 Å². The van der Waals surface area contributed by atoms with Crippen LogP contribution in [0.5, 0.6) is 0 Å². The second kappa shape index (κ2) is 7.66. The fourth-order valence-electron chi connectivity index (χ4n) is 3.65. The van der Waals surface area contributed by atoms with Crippen LogP contribution in [0.25, 0.3) is 11.4 Å². The van der Waals surface area contributed by atoms with Gasteiger partial charge in [0.2, 0.25) is 0 Å². The molecule has 1 saturated heterocycles. The van der Waals surface area contributed by atoms with Gasteiger partial charge in [-0.2, -0.15) is 0 Å². The van der Waals surface area contributed by atoms with Gasteiger partial charge in [0.25, 0.3) is 0 Å². The first-order valence-corrected chi connectivity index (χ1v) is 10.8. The van der Waals surface area contributed by atoms with E-state index in [0.717, 1.165) is 35.0 Å². The molecular formula is C20H26N4O2S. The Morgan fingerprint density at radius 1 is 1.22 bits per heavy atom. The molecule has 2 atom stereocenters. The zero-order valence-corrected chi connectivity index (χ0v) is 17.0. The minimum absolute atomic E-state index is 0.259. The first-order chi connectivity index (χ1) is 13.1. The molecule has 1 aromatic heterocycles. The lowest BCUT2D eigenvalue weighted by Gasteiger charge is -2.35. The number of hydrogen-bond acceptors (Lipinski definition) is 5. The van der Waals surface area contributed by atoms with Gasteiger partial charge in [0.1, 0.15) is 5.82 Å². The van der Waals surface area contributed by atoms with Crippen LogP contribution < -0.4 is 4.90 Å². The van der Waals surface area contributed by atoms with E-state index in [1.165, 1.54) is 5.56 Å². The molecule has 0 amide bonds. The van der Waals surface area contributed by atoms with Crippen molar-refractivity contribution in [2.24, 2.45) is 0 Å². The number of anilines is 1. The number of aromatic nitrogens is 2. The summed E-state index contributed by atoms with van der Waals surface area (Å²) in [4.78, 5) is 12.1. The second-order valence-electron chi connectivity index (χ2n) is 7.19. The van der Waals surface area contributed by atoms with Gasteiger partial charge in [0.15, 0.2) is 5.82 Å². The zero-order valence-electron chi connectivity index (χ0n) is 16.1. The monoisotopic (exact) mass is 386 g/mol. The third kappa shape index (κ3) is 3.63. The molecule has 0 spiro atoms. The third-order valence-corrected chi connectivity index (χ3v) is 6.54. The summed E-state index contributed by atoms with van der Waals surface area (Å²) in [5, 5.41) is 0. The second-order valence-corrected chi connectivity index (χ2v) is 8.92. The van der Waals surface area contributed by atoms with Gasteiger partial charge in [-0.3, -0.25) is 0 Å². The number of hydrogen-bond donors (Lipinski definition) is 0. The van der Waals surface area contributed by atoms with Gasteiger partial charge < -0.3 is 9.64 Å². The van der Waals surface area contributed by atoms with E-state index in [1.807, 2.05) is 11.2 Å². The number of benzene rings is 1. The fourth-order valence-corrected chi connectivity index (χ4v) is 4.55. The highest BCUT2D eigenvalue weighted by Crippen LogP contribution is 2.34. The van der Waals surface area contributed by atoms with E-state index in [2.05, 4.69) is 43.0 Å². The van der Waals surface area contributed by atoms with Crippen LogP contribution >= 0.6 is 0 Å². The molecule has 2 aromatic rings. The largest absolute Gasteiger partial charge is 0.377 e. The summed E-state index contributed by atoms with van der Waals surface area (Å²) in [6.45, 7) is 9.66. The highest BCUT2D eigenvalue weighted by molar-refractivity contribution is 7.82. The Kier molecular flexibility index (Phi) is 5.25. The molecular weight excluding hydrogens is 360 g/mol. The lowest BCUT2D eigenvalue weighted by molar-refractivity contribution is 0.0984. The van der Waals surface area contributed by atoms with Crippen LogP contribution in [0.4, 0.5) is 5.82 Å². The Labute approximate surface area is 163 Å². The van der Waals surface area contributed by atoms with Crippen molar-refractivity contribution in [2.75, 3.05) is 30.4 Å². The molecule has 6 nitrogen and oxygen atoms in total. The Morgan fingerprint density at radius 2 is 2.00 bits per heavy atom. The average Bonchev–Trinajstić information content (AvgIpc) is 3.12. The van der Waals surface area contributed by atoms with Gasteiger partial charge in [0, 0.05) is 30.0 Å².